The first-order valence-corrected chi connectivity index (χ1v) is 11.5. The largest absolute Gasteiger partial charge is 0.0695 e. The van der Waals surface area contributed by atoms with E-state index in [1.54, 1.807) is 18.9 Å². The van der Waals surface area contributed by atoms with Crippen molar-refractivity contribution < 1.29 is 0 Å². The maximum Gasteiger partial charge on any atom is 0.0445 e. The van der Waals surface area contributed by atoms with Crippen LogP contribution in [0.2, 0.25) is 25.7 Å². The molecule has 0 aliphatic heterocycles. The fourth-order valence-corrected chi connectivity index (χ4v) is 8.08. The lowest BCUT2D eigenvalue weighted by Gasteiger charge is -2.35. The van der Waals surface area contributed by atoms with Gasteiger partial charge in [0.15, 0.2) is 0 Å². The van der Waals surface area contributed by atoms with E-state index in [4.69, 9.17) is 0 Å². The first kappa shape index (κ1) is 12.3. The third-order valence-corrected chi connectivity index (χ3v) is 8.17. The summed E-state index contributed by atoms with van der Waals surface area (Å²) in [5.74, 6) is 6.43. The third kappa shape index (κ3) is 1.60. The van der Waals surface area contributed by atoms with Gasteiger partial charge in [-0.05, 0) is 53.8 Å². The lowest BCUT2D eigenvalue weighted by molar-refractivity contribution is 0.180. The molecule has 3 fully saturated rings. The molecule has 2 bridgehead atoms. The molecular formula is C16H30Si. The van der Waals surface area contributed by atoms with Crippen LogP contribution in [0.15, 0.2) is 0 Å². The van der Waals surface area contributed by atoms with Gasteiger partial charge in [0.25, 0.3) is 0 Å². The minimum Gasteiger partial charge on any atom is -0.0695 e. The van der Waals surface area contributed by atoms with Gasteiger partial charge in [-0.25, -0.2) is 0 Å². The van der Waals surface area contributed by atoms with Crippen molar-refractivity contribution in [2.75, 3.05) is 0 Å². The molecule has 0 aromatic carbocycles. The Balaban J connectivity index is 1.80. The van der Waals surface area contributed by atoms with Crippen LogP contribution < -0.4 is 0 Å². The molecule has 6 atom stereocenters. The molecule has 3 rings (SSSR count). The van der Waals surface area contributed by atoms with E-state index in [2.05, 4.69) is 40.4 Å². The molecule has 17 heavy (non-hydrogen) atoms. The van der Waals surface area contributed by atoms with E-state index < -0.39 is 8.07 Å². The van der Waals surface area contributed by atoms with Gasteiger partial charge in [0, 0.05) is 8.07 Å². The zero-order valence-electron chi connectivity index (χ0n) is 12.6. The van der Waals surface area contributed by atoms with Crippen LogP contribution in [0.1, 0.15) is 33.6 Å². The predicted molar refractivity (Wildman–Crippen MR) is 77.8 cm³/mol. The van der Waals surface area contributed by atoms with Gasteiger partial charge in [0.2, 0.25) is 0 Å². The number of fused-ring (bicyclic) bond motifs is 1. The Bertz CT molecular complexity index is 327. The van der Waals surface area contributed by atoms with Crippen molar-refractivity contribution in [2.45, 2.75) is 59.3 Å². The maximum absolute atomic E-state index is 2.56. The van der Waals surface area contributed by atoms with Crippen molar-refractivity contribution in [3.05, 3.63) is 0 Å². The number of hydrogen-bond acceptors (Lipinski definition) is 0. The first-order chi connectivity index (χ1) is 7.76. The lowest BCUT2D eigenvalue weighted by atomic mass is 9.75. The van der Waals surface area contributed by atoms with E-state index in [-0.39, 0.29) is 0 Å². The average Bonchev–Trinajstić information content (AvgIpc) is 2.57. The van der Waals surface area contributed by atoms with Crippen LogP contribution in [0.4, 0.5) is 0 Å². The second-order valence-electron chi connectivity index (χ2n) is 8.97. The second-order valence-corrected chi connectivity index (χ2v) is 14.5. The van der Waals surface area contributed by atoms with Crippen LogP contribution in [0.3, 0.4) is 0 Å². The van der Waals surface area contributed by atoms with E-state index in [9.17, 15) is 0 Å². The van der Waals surface area contributed by atoms with Crippen molar-refractivity contribution >= 4 is 8.07 Å². The lowest BCUT2D eigenvalue weighted by Crippen LogP contribution is -2.32. The van der Waals surface area contributed by atoms with Gasteiger partial charge in [0.1, 0.15) is 0 Å². The molecule has 0 amide bonds. The highest BCUT2D eigenvalue weighted by molar-refractivity contribution is 6.76. The summed E-state index contributed by atoms with van der Waals surface area (Å²) in [7, 11) is -0.861. The molecule has 1 spiro atoms. The summed E-state index contributed by atoms with van der Waals surface area (Å²) in [4.78, 5) is 0. The van der Waals surface area contributed by atoms with Crippen LogP contribution >= 0.6 is 0 Å². The molecule has 0 aromatic rings. The Kier molecular flexibility index (Phi) is 2.45. The summed E-state index contributed by atoms with van der Waals surface area (Å²) in [5, 5.41) is 0. The summed E-state index contributed by atoms with van der Waals surface area (Å²) in [6.07, 6.45) is 3.22. The molecular weight excluding hydrogens is 220 g/mol. The molecule has 0 heterocycles. The van der Waals surface area contributed by atoms with E-state index in [1.807, 2.05) is 0 Å². The minimum absolute atomic E-state index is 0.851. The van der Waals surface area contributed by atoms with Gasteiger partial charge in [0.05, 0.1) is 0 Å². The average molecular weight is 251 g/mol. The normalized spacial score (nSPS) is 52.1. The highest BCUT2D eigenvalue weighted by Gasteiger charge is 2.75. The summed E-state index contributed by atoms with van der Waals surface area (Å²) < 4.78 is 0. The molecule has 0 saturated heterocycles. The molecule has 0 aromatic heterocycles. The highest BCUT2D eigenvalue weighted by Crippen LogP contribution is 2.81. The van der Waals surface area contributed by atoms with Crippen molar-refractivity contribution in [3.63, 3.8) is 0 Å². The highest BCUT2D eigenvalue weighted by atomic mass is 28.3. The van der Waals surface area contributed by atoms with Crippen LogP contribution in [0, 0.1) is 40.9 Å². The standard InChI is InChI=1S/C16H30Si/c1-10(2)14-13-8-16(11(3)15(14)16)7-12(13)9-17(4,5)6/h10-15H,7-9H2,1-6H3. The molecule has 0 N–H and O–H groups in total. The van der Waals surface area contributed by atoms with Gasteiger partial charge in [-0.15, -0.1) is 0 Å². The van der Waals surface area contributed by atoms with Crippen LogP contribution in [0.25, 0.3) is 0 Å². The van der Waals surface area contributed by atoms with Crippen molar-refractivity contribution in [1.82, 2.24) is 0 Å². The molecule has 1 heteroatoms. The predicted octanol–water partition coefficient (Wildman–Crippen LogP) is 4.89. The smallest absolute Gasteiger partial charge is 0.0445 e. The Morgan fingerprint density at radius 3 is 2.29 bits per heavy atom. The minimum atomic E-state index is -0.861. The van der Waals surface area contributed by atoms with E-state index in [0.29, 0.717) is 0 Å². The third-order valence-electron chi connectivity index (χ3n) is 6.42. The molecule has 3 aliphatic carbocycles. The number of hydrogen-bond donors (Lipinski definition) is 0. The topological polar surface area (TPSA) is 0 Å². The van der Waals surface area contributed by atoms with Crippen LogP contribution in [-0.2, 0) is 0 Å². The summed E-state index contributed by atoms with van der Waals surface area (Å²) in [5.41, 5.74) is 0.851. The first-order valence-electron chi connectivity index (χ1n) is 7.76. The Hall–Kier alpha value is 0.217. The fourth-order valence-electron chi connectivity index (χ4n) is 6.06. The van der Waals surface area contributed by atoms with Crippen LogP contribution in [0.5, 0.6) is 0 Å². The Labute approximate surface area is 109 Å². The van der Waals surface area contributed by atoms with Gasteiger partial charge >= 0.3 is 0 Å². The maximum atomic E-state index is 2.56. The molecule has 6 unspecified atom stereocenters. The molecule has 0 nitrogen and oxygen atoms in total. The zero-order valence-corrected chi connectivity index (χ0v) is 13.6. The van der Waals surface area contributed by atoms with Gasteiger partial charge in [-0.2, -0.15) is 0 Å². The van der Waals surface area contributed by atoms with Gasteiger partial charge in [-0.1, -0.05) is 46.5 Å². The van der Waals surface area contributed by atoms with Gasteiger partial charge < -0.3 is 0 Å². The zero-order chi connectivity index (χ0) is 12.6. The van der Waals surface area contributed by atoms with E-state index in [1.165, 1.54) is 0 Å². The Morgan fingerprint density at radius 2 is 1.82 bits per heavy atom. The van der Waals surface area contributed by atoms with Crippen molar-refractivity contribution in [2.24, 2.45) is 40.9 Å². The molecule has 98 valence electrons. The number of rotatable bonds is 3. The van der Waals surface area contributed by atoms with Crippen LogP contribution in [-0.4, -0.2) is 8.07 Å². The van der Waals surface area contributed by atoms with Gasteiger partial charge in [-0.3, -0.25) is 0 Å². The van der Waals surface area contributed by atoms with Crippen molar-refractivity contribution in [3.8, 4) is 0 Å². The summed E-state index contributed by atoms with van der Waals surface area (Å²) in [6.45, 7) is 15.2. The molecule has 3 saturated carbocycles. The SMILES string of the molecule is CC(C)C1C2CC3(CC2C[Si](C)(C)C)C(C)C13. The van der Waals surface area contributed by atoms with E-state index >= 15 is 0 Å². The van der Waals surface area contributed by atoms with Crippen molar-refractivity contribution in [1.29, 1.82) is 0 Å². The molecule has 0 radical (unpaired) electrons. The quantitative estimate of drug-likeness (QED) is 0.626. The monoisotopic (exact) mass is 250 g/mol. The van der Waals surface area contributed by atoms with E-state index in [0.717, 1.165) is 40.9 Å². The fraction of sp³-hybridized carbons (Fsp3) is 1.00. The summed E-state index contributed by atoms with van der Waals surface area (Å²) >= 11 is 0. The Morgan fingerprint density at radius 1 is 1.18 bits per heavy atom. The molecule has 3 aliphatic rings. The summed E-state index contributed by atoms with van der Waals surface area (Å²) in [6, 6.07) is 1.60. The second kappa shape index (κ2) is 3.40.